The minimum Gasteiger partial charge on any atom is -0.379 e. The molecular weight excluding hydrogens is 385 g/mol. The third-order valence-corrected chi connectivity index (χ3v) is 5.87. The molecule has 3 aromatic rings. The van der Waals surface area contributed by atoms with Crippen molar-refractivity contribution in [2.75, 3.05) is 31.6 Å². The molecule has 1 aliphatic heterocycles. The molecule has 3 aromatic heterocycles. The van der Waals surface area contributed by atoms with Gasteiger partial charge in [-0.2, -0.15) is 0 Å². The standard InChI is InChI=1S/C22H22FN5O2/c23-17-7-16(11-24-13-17)19-2-1-14-12-25-21(10-20(14)26-19)27-22(29)15-8-18(9-15)28-3-5-30-6-4-28/h1-2,7,10-13,15,18H,3-6,8-9H2,(H,25,27,29). The Morgan fingerprint density at radius 3 is 2.77 bits per heavy atom. The lowest BCUT2D eigenvalue weighted by Gasteiger charge is -2.43. The van der Waals surface area contributed by atoms with E-state index in [2.05, 4.69) is 25.2 Å². The van der Waals surface area contributed by atoms with Crippen LogP contribution < -0.4 is 5.32 Å². The number of carbonyl (C=O) groups excluding carboxylic acids is 1. The molecule has 30 heavy (non-hydrogen) atoms. The Labute approximate surface area is 173 Å². The van der Waals surface area contributed by atoms with Crippen LogP contribution in [0.3, 0.4) is 0 Å². The molecule has 1 aliphatic carbocycles. The largest absolute Gasteiger partial charge is 0.379 e. The van der Waals surface area contributed by atoms with Crippen LogP contribution in [0.1, 0.15) is 12.8 Å². The second kappa shape index (κ2) is 8.04. The van der Waals surface area contributed by atoms with Crippen LogP contribution in [0, 0.1) is 11.7 Å². The zero-order chi connectivity index (χ0) is 20.5. The van der Waals surface area contributed by atoms with E-state index >= 15 is 0 Å². The summed E-state index contributed by atoms with van der Waals surface area (Å²) in [6, 6.07) is 7.30. The molecule has 0 atom stereocenters. The SMILES string of the molecule is O=C(Nc1cc2nc(-c3cncc(F)c3)ccc2cn1)C1CC(N2CCOCC2)C1. The number of hydrogen-bond donors (Lipinski definition) is 1. The highest BCUT2D eigenvalue weighted by Gasteiger charge is 2.38. The monoisotopic (exact) mass is 407 g/mol. The van der Waals surface area contributed by atoms with Crippen LogP contribution >= 0.6 is 0 Å². The highest BCUT2D eigenvalue weighted by atomic mass is 19.1. The average molecular weight is 407 g/mol. The summed E-state index contributed by atoms with van der Waals surface area (Å²) in [5.41, 5.74) is 1.90. The van der Waals surface area contributed by atoms with Crippen molar-refractivity contribution in [3.8, 4) is 11.3 Å². The van der Waals surface area contributed by atoms with Crippen molar-refractivity contribution < 1.29 is 13.9 Å². The maximum Gasteiger partial charge on any atom is 0.228 e. The Morgan fingerprint density at radius 1 is 1.13 bits per heavy atom. The molecule has 8 heteroatoms. The van der Waals surface area contributed by atoms with Crippen molar-refractivity contribution in [2.45, 2.75) is 18.9 Å². The number of ether oxygens (including phenoxy) is 1. The van der Waals surface area contributed by atoms with Gasteiger partial charge in [-0.25, -0.2) is 14.4 Å². The molecular formula is C22H22FN5O2. The zero-order valence-electron chi connectivity index (χ0n) is 16.4. The van der Waals surface area contributed by atoms with E-state index in [1.54, 1.807) is 24.5 Å². The Bertz CT molecular complexity index is 1080. The van der Waals surface area contributed by atoms with E-state index in [0.717, 1.165) is 50.7 Å². The number of nitrogens with zero attached hydrogens (tertiary/aromatic N) is 4. The normalized spacial score (nSPS) is 21.9. The first-order valence-corrected chi connectivity index (χ1v) is 10.2. The average Bonchev–Trinajstić information content (AvgIpc) is 2.73. The second-order valence-electron chi connectivity index (χ2n) is 7.81. The van der Waals surface area contributed by atoms with Gasteiger partial charge in [0.15, 0.2) is 0 Å². The predicted molar refractivity (Wildman–Crippen MR) is 110 cm³/mol. The molecule has 0 spiro atoms. The number of nitrogens with one attached hydrogen (secondary N) is 1. The van der Waals surface area contributed by atoms with Crippen molar-refractivity contribution >= 4 is 22.6 Å². The Balaban J connectivity index is 1.27. The number of anilines is 1. The van der Waals surface area contributed by atoms with Gasteiger partial charge in [0, 0.05) is 54.5 Å². The molecule has 1 N–H and O–H groups in total. The van der Waals surface area contributed by atoms with Crippen LogP contribution in [-0.2, 0) is 9.53 Å². The van der Waals surface area contributed by atoms with Crippen molar-refractivity contribution in [2.24, 2.45) is 5.92 Å². The number of pyridine rings is 3. The minimum absolute atomic E-state index is 0.00292. The topological polar surface area (TPSA) is 80.2 Å². The number of carbonyl (C=O) groups is 1. The van der Waals surface area contributed by atoms with Crippen LogP contribution in [-0.4, -0.2) is 58.1 Å². The lowest BCUT2D eigenvalue weighted by molar-refractivity contribution is -0.125. The van der Waals surface area contributed by atoms with Crippen LogP contribution in [0.15, 0.2) is 42.9 Å². The quantitative estimate of drug-likeness (QED) is 0.716. The second-order valence-corrected chi connectivity index (χ2v) is 7.81. The summed E-state index contributed by atoms with van der Waals surface area (Å²) in [6.45, 7) is 3.43. The number of rotatable bonds is 4. The smallest absolute Gasteiger partial charge is 0.228 e. The lowest BCUT2D eigenvalue weighted by atomic mass is 9.78. The molecule has 4 heterocycles. The van der Waals surface area contributed by atoms with Gasteiger partial charge in [0.2, 0.25) is 5.91 Å². The number of aromatic nitrogens is 3. The van der Waals surface area contributed by atoms with Crippen molar-refractivity contribution in [3.63, 3.8) is 0 Å². The molecule has 1 saturated heterocycles. The van der Waals surface area contributed by atoms with E-state index in [-0.39, 0.29) is 11.8 Å². The summed E-state index contributed by atoms with van der Waals surface area (Å²) in [4.78, 5) is 27.8. The van der Waals surface area contributed by atoms with E-state index in [0.29, 0.717) is 28.6 Å². The Morgan fingerprint density at radius 2 is 1.97 bits per heavy atom. The van der Waals surface area contributed by atoms with Gasteiger partial charge in [0.05, 0.1) is 30.6 Å². The number of halogens is 1. The van der Waals surface area contributed by atoms with E-state index in [1.165, 1.54) is 6.07 Å². The molecule has 0 radical (unpaired) electrons. The minimum atomic E-state index is -0.409. The van der Waals surface area contributed by atoms with Gasteiger partial charge < -0.3 is 10.1 Å². The Hall–Kier alpha value is -2.97. The van der Waals surface area contributed by atoms with Gasteiger partial charge in [0.25, 0.3) is 0 Å². The highest BCUT2D eigenvalue weighted by molar-refractivity contribution is 5.94. The maximum absolute atomic E-state index is 13.5. The summed E-state index contributed by atoms with van der Waals surface area (Å²) >= 11 is 0. The third-order valence-electron chi connectivity index (χ3n) is 5.87. The lowest BCUT2D eigenvalue weighted by Crippen LogP contribution is -2.52. The van der Waals surface area contributed by atoms with Gasteiger partial charge in [-0.1, -0.05) is 0 Å². The fourth-order valence-electron chi connectivity index (χ4n) is 4.07. The number of fused-ring (bicyclic) bond motifs is 1. The number of hydrogen-bond acceptors (Lipinski definition) is 6. The van der Waals surface area contributed by atoms with Crippen molar-refractivity contribution in [3.05, 3.63) is 48.7 Å². The summed E-state index contributed by atoms with van der Waals surface area (Å²) in [5, 5.41) is 3.77. The van der Waals surface area contributed by atoms with Crippen LogP contribution in [0.2, 0.25) is 0 Å². The number of amides is 1. The van der Waals surface area contributed by atoms with Crippen molar-refractivity contribution in [1.82, 2.24) is 19.9 Å². The molecule has 2 aliphatic rings. The van der Waals surface area contributed by atoms with Gasteiger partial charge in [-0.05, 0) is 31.0 Å². The molecule has 154 valence electrons. The van der Waals surface area contributed by atoms with Crippen LogP contribution in [0.5, 0.6) is 0 Å². The molecule has 1 saturated carbocycles. The summed E-state index contributed by atoms with van der Waals surface area (Å²) in [7, 11) is 0. The van der Waals surface area contributed by atoms with Crippen LogP contribution in [0.4, 0.5) is 10.2 Å². The fourth-order valence-corrected chi connectivity index (χ4v) is 4.07. The molecule has 0 aromatic carbocycles. The molecule has 0 bridgehead atoms. The molecule has 0 unspecified atom stereocenters. The molecule has 1 amide bonds. The van der Waals surface area contributed by atoms with Gasteiger partial charge in [-0.15, -0.1) is 0 Å². The van der Waals surface area contributed by atoms with E-state index in [1.807, 2.05) is 6.07 Å². The highest BCUT2D eigenvalue weighted by Crippen LogP contribution is 2.33. The first-order chi connectivity index (χ1) is 14.7. The first kappa shape index (κ1) is 19.0. The molecule has 2 fully saturated rings. The van der Waals surface area contributed by atoms with Crippen LogP contribution in [0.25, 0.3) is 22.2 Å². The zero-order valence-corrected chi connectivity index (χ0v) is 16.4. The third kappa shape index (κ3) is 3.88. The van der Waals surface area contributed by atoms with Crippen molar-refractivity contribution in [1.29, 1.82) is 0 Å². The summed E-state index contributed by atoms with van der Waals surface area (Å²) in [5.74, 6) is 0.0714. The van der Waals surface area contributed by atoms with Gasteiger partial charge in [-0.3, -0.25) is 14.7 Å². The summed E-state index contributed by atoms with van der Waals surface area (Å²) < 4.78 is 18.9. The summed E-state index contributed by atoms with van der Waals surface area (Å²) in [6.07, 6.45) is 6.15. The van der Waals surface area contributed by atoms with E-state index in [9.17, 15) is 9.18 Å². The maximum atomic E-state index is 13.5. The van der Waals surface area contributed by atoms with E-state index in [4.69, 9.17) is 4.74 Å². The number of morpholine rings is 1. The predicted octanol–water partition coefficient (Wildman–Crippen LogP) is 2.88. The Kier molecular flexibility index (Phi) is 5.10. The first-order valence-electron chi connectivity index (χ1n) is 10.2. The molecule has 5 rings (SSSR count). The fraction of sp³-hybridized carbons (Fsp3) is 0.364. The van der Waals surface area contributed by atoms with Gasteiger partial charge >= 0.3 is 0 Å². The van der Waals surface area contributed by atoms with Gasteiger partial charge in [0.1, 0.15) is 11.6 Å². The van der Waals surface area contributed by atoms with E-state index < -0.39 is 5.82 Å². The molecule has 7 nitrogen and oxygen atoms in total.